The molecule has 2 saturated heterocycles. The standard InChI is InChI=1S/C8H10BrNO5S.K/c1-8(2)4(7(12)13)10-5(11)3(9)6(10)16(8,14)15;/h3-4,6H,1-2H3,(H,12,13);/q;+1/p-1/t3?,4-,6?;/m0./s1. The molecule has 0 N–H and O–H groups in total. The summed E-state index contributed by atoms with van der Waals surface area (Å²) in [5.74, 6) is -2.06. The van der Waals surface area contributed by atoms with E-state index in [1.165, 1.54) is 13.8 Å². The Kier molecular flexibility index (Phi) is 4.28. The van der Waals surface area contributed by atoms with Crippen LogP contribution in [-0.2, 0) is 19.4 Å². The zero-order chi connectivity index (χ0) is 12.5. The molecule has 2 aliphatic heterocycles. The van der Waals surface area contributed by atoms with Crippen molar-refractivity contribution >= 4 is 37.6 Å². The Bertz CT molecular complexity index is 490. The molecule has 2 unspecified atom stereocenters. The van der Waals surface area contributed by atoms with E-state index < -0.39 is 42.7 Å². The van der Waals surface area contributed by atoms with Crippen molar-refractivity contribution in [3.63, 3.8) is 0 Å². The van der Waals surface area contributed by atoms with E-state index in [1.54, 1.807) is 0 Å². The Balaban J connectivity index is 0.00000144. The summed E-state index contributed by atoms with van der Waals surface area (Å²) < 4.78 is 22.5. The van der Waals surface area contributed by atoms with Crippen molar-refractivity contribution in [1.82, 2.24) is 4.90 Å². The van der Waals surface area contributed by atoms with Gasteiger partial charge in [0, 0.05) is 0 Å². The molecule has 0 saturated carbocycles. The molecule has 0 radical (unpaired) electrons. The first-order chi connectivity index (χ1) is 7.14. The molecule has 1 amide bonds. The number of carboxylic acid groups (broad SMARTS) is 1. The first-order valence-electron chi connectivity index (χ1n) is 4.54. The van der Waals surface area contributed by atoms with Crippen LogP contribution in [-0.4, -0.2) is 46.2 Å². The van der Waals surface area contributed by atoms with Crippen molar-refractivity contribution < 1.29 is 74.5 Å². The molecule has 9 heteroatoms. The Morgan fingerprint density at radius 1 is 1.47 bits per heavy atom. The van der Waals surface area contributed by atoms with Crippen LogP contribution in [0.2, 0.25) is 0 Å². The average molecular weight is 350 g/mol. The van der Waals surface area contributed by atoms with Gasteiger partial charge in [0.2, 0.25) is 5.91 Å². The zero-order valence-electron chi connectivity index (χ0n) is 9.51. The quantitative estimate of drug-likeness (QED) is 0.269. The number of hydrogen-bond donors (Lipinski definition) is 0. The number of carbonyl (C=O) groups excluding carboxylic acids is 2. The fourth-order valence-electron chi connectivity index (χ4n) is 2.23. The Morgan fingerprint density at radius 2 is 1.94 bits per heavy atom. The molecular weight excluding hydrogens is 341 g/mol. The minimum Gasteiger partial charge on any atom is -0.548 e. The maximum Gasteiger partial charge on any atom is 1.00 e. The van der Waals surface area contributed by atoms with Crippen LogP contribution in [0.15, 0.2) is 0 Å². The molecule has 2 heterocycles. The molecule has 2 rings (SSSR count). The average Bonchev–Trinajstić information content (AvgIpc) is 2.28. The van der Waals surface area contributed by atoms with Gasteiger partial charge in [0.25, 0.3) is 0 Å². The second-order valence-electron chi connectivity index (χ2n) is 4.41. The summed E-state index contributed by atoms with van der Waals surface area (Å²) in [6.07, 6.45) is 0. The van der Waals surface area contributed by atoms with Crippen molar-refractivity contribution in [2.75, 3.05) is 0 Å². The van der Waals surface area contributed by atoms with E-state index in [0.29, 0.717) is 0 Å². The number of sulfone groups is 1. The Hall–Kier alpha value is 1.01. The molecule has 0 aromatic rings. The van der Waals surface area contributed by atoms with Crippen molar-refractivity contribution in [2.24, 2.45) is 0 Å². The van der Waals surface area contributed by atoms with Gasteiger partial charge in [0.15, 0.2) is 15.2 Å². The Labute approximate surface area is 150 Å². The summed E-state index contributed by atoms with van der Waals surface area (Å²) in [4.78, 5) is 22.5. The van der Waals surface area contributed by atoms with E-state index >= 15 is 0 Å². The van der Waals surface area contributed by atoms with Gasteiger partial charge in [-0.25, -0.2) is 8.42 Å². The van der Waals surface area contributed by atoms with E-state index in [0.717, 1.165) is 4.90 Å². The molecule has 2 aliphatic rings. The van der Waals surface area contributed by atoms with Gasteiger partial charge in [0.05, 0.1) is 16.8 Å². The summed E-state index contributed by atoms with van der Waals surface area (Å²) in [5.41, 5.74) is 0. The monoisotopic (exact) mass is 349 g/mol. The maximum absolute atomic E-state index is 12.0. The molecule has 0 spiro atoms. The summed E-state index contributed by atoms with van der Waals surface area (Å²) in [6.45, 7) is 2.60. The van der Waals surface area contributed by atoms with Gasteiger partial charge in [-0.05, 0) is 13.8 Å². The summed E-state index contributed by atoms with van der Waals surface area (Å²) in [5, 5.41) is 9.88. The number of aliphatic carboxylic acids is 1. The Morgan fingerprint density at radius 3 is 2.35 bits per heavy atom. The van der Waals surface area contributed by atoms with Crippen molar-refractivity contribution in [1.29, 1.82) is 0 Å². The van der Waals surface area contributed by atoms with Crippen LogP contribution in [0.4, 0.5) is 0 Å². The fourth-order valence-corrected chi connectivity index (χ4v) is 5.67. The molecule has 0 bridgehead atoms. The largest absolute Gasteiger partial charge is 1.00 e. The molecular formula is C8H9BrKNO5S. The normalized spacial score (nSPS) is 36.8. The molecule has 0 aliphatic carbocycles. The topological polar surface area (TPSA) is 94.6 Å². The van der Waals surface area contributed by atoms with Gasteiger partial charge in [-0.15, -0.1) is 0 Å². The minimum absolute atomic E-state index is 0. The number of amides is 1. The van der Waals surface area contributed by atoms with Crippen LogP contribution in [0.25, 0.3) is 0 Å². The molecule has 17 heavy (non-hydrogen) atoms. The predicted octanol–water partition coefficient (Wildman–Crippen LogP) is -4.75. The van der Waals surface area contributed by atoms with Crippen LogP contribution in [0, 0.1) is 0 Å². The van der Waals surface area contributed by atoms with Gasteiger partial charge >= 0.3 is 51.4 Å². The number of hydrogen-bond acceptors (Lipinski definition) is 5. The summed E-state index contributed by atoms with van der Waals surface area (Å²) in [7, 11) is -3.70. The van der Waals surface area contributed by atoms with E-state index in [9.17, 15) is 23.1 Å². The number of rotatable bonds is 1. The van der Waals surface area contributed by atoms with Crippen molar-refractivity contribution in [2.45, 2.75) is 34.8 Å². The third kappa shape index (κ3) is 1.81. The molecule has 0 aromatic carbocycles. The molecule has 3 atom stereocenters. The number of nitrogens with zero attached hydrogens (tertiary/aromatic N) is 1. The molecule has 2 fully saturated rings. The predicted molar refractivity (Wildman–Crippen MR) is 55.1 cm³/mol. The number of carbonyl (C=O) groups is 2. The SMILES string of the molecule is CC1(C)[C@H](C(=O)[O-])N2C(=O)C(Br)C2S1(=O)=O.[K+]. The van der Waals surface area contributed by atoms with E-state index in [1.807, 2.05) is 0 Å². The number of fused-ring (bicyclic) bond motifs is 1. The van der Waals surface area contributed by atoms with Gasteiger partial charge in [-0.1, -0.05) is 15.9 Å². The third-order valence-electron chi connectivity index (χ3n) is 3.23. The first-order valence-corrected chi connectivity index (χ1v) is 7.01. The van der Waals surface area contributed by atoms with E-state index in [-0.39, 0.29) is 51.4 Å². The van der Waals surface area contributed by atoms with Crippen LogP contribution < -0.4 is 56.5 Å². The van der Waals surface area contributed by atoms with Crippen molar-refractivity contribution in [3.8, 4) is 0 Å². The van der Waals surface area contributed by atoms with Crippen molar-refractivity contribution in [3.05, 3.63) is 0 Å². The summed E-state index contributed by atoms with van der Waals surface area (Å²) >= 11 is 2.95. The molecule has 90 valence electrons. The number of halogens is 1. The maximum atomic E-state index is 12.0. The third-order valence-corrected chi connectivity index (χ3v) is 7.29. The second-order valence-corrected chi connectivity index (χ2v) is 8.02. The fraction of sp³-hybridized carbons (Fsp3) is 0.750. The first kappa shape index (κ1) is 16.1. The number of alkyl halides is 1. The minimum atomic E-state index is -3.70. The van der Waals surface area contributed by atoms with Gasteiger partial charge in [0.1, 0.15) is 4.83 Å². The zero-order valence-corrected chi connectivity index (χ0v) is 15.0. The van der Waals surface area contributed by atoms with Crippen LogP contribution in [0.3, 0.4) is 0 Å². The molecule has 0 aromatic heterocycles. The van der Waals surface area contributed by atoms with Gasteiger partial charge in [-0.3, -0.25) is 4.79 Å². The van der Waals surface area contributed by atoms with Gasteiger partial charge in [-0.2, -0.15) is 0 Å². The second kappa shape index (κ2) is 4.53. The van der Waals surface area contributed by atoms with Crippen LogP contribution in [0.5, 0.6) is 0 Å². The smallest absolute Gasteiger partial charge is 0.548 e. The van der Waals surface area contributed by atoms with E-state index in [4.69, 9.17) is 0 Å². The van der Waals surface area contributed by atoms with E-state index in [2.05, 4.69) is 15.9 Å². The summed E-state index contributed by atoms with van der Waals surface area (Å²) in [6, 6.07) is -1.41. The molecule has 6 nitrogen and oxygen atoms in total. The number of carboxylic acids is 1. The van der Waals surface area contributed by atoms with Crippen LogP contribution >= 0.6 is 15.9 Å². The number of β-lactam (4-membered cyclic amide) rings is 1. The van der Waals surface area contributed by atoms with Gasteiger partial charge < -0.3 is 14.8 Å². The van der Waals surface area contributed by atoms with Crippen LogP contribution in [0.1, 0.15) is 13.8 Å².